The minimum atomic E-state index is 0.103. The lowest BCUT2D eigenvalue weighted by molar-refractivity contribution is 0.0439. The van der Waals surface area contributed by atoms with Crippen molar-refractivity contribution in [3.63, 3.8) is 0 Å². The predicted octanol–water partition coefficient (Wildman–Crippen LogP) is 3.00. The number of nitrogens with one attached hydrogen (secondary N) is 1. The molecule has 4 rings (SSSR count). The molecule has 28 heavy (non-hydrogen) atoms. The number of hydrogen-bond donors (Lipinski definition) is 1. The van der Waals surface area contributed by atoms with Crippen molar-refractivity contribution in [1.82, 2.24) is 14.8 Å². The molecule has 1 aromatic heterocycles. The number of aromatic nitrogens is 1. The lowest BCUT2D eigenvalue weighted by Crippen LogP contribution is -2.32. The second-order valence-corrected chi connectivity index (χ2v) is 8.50. The van der Waals surface area contributed by atoms with Crippen LogP contribution in [0.15, 0.2) is 18.2 Å². The van der Waals surface area contributed by atoms with Crippen LogP contribution >= 0.6 is 0 Å². The van der Waals surface area contributed by atoms with Crippen molar-refractivity contribution in [2.75, 3.05) is 40.4 Å². The van der Waals surface area contributed by atoms with Gasteiger partial charge in [0, 0.05) is 62.6 Å². The summed E-state index contributed by atoms with van der Waals surface area (Å²) in [4.78, 5) is 14.7. The minimum absolute atomic E-state index is 0.103. The van der Waals surface area contributed by atoms with Gasteiger partial charge in [0.25, 0.3) is 5.91 Å². The third-order valence-electron chi connectivity index (χ3n) is 6.88. The van der Waals surface area contributed by atoms with Gasteiger partial charge in [0.1, 0.15) is 0 Å². The predicted molar refractivity (Wildman–Crippen MR) is 113 cm³/mol. The third-order valence-corrected chi connectivity index (χ3v) is 6.88. The third kappa shape index (κ3) is 3.58. The highest BCUT2D eigenvalue weighted by atomic mass is 16.5. The van der Waals surface area contributed by atoms with E-state index in [9.17, 15) is 4.79 Å². The molecule has 1 aromatic carbocycles. The summed E-state index contributed by atoms with van der Waals surface area (Å²) in [5, 5.41) is 4.39. The van der Waals surface area contributed by atoms with Crippen LogP contribution in [-0.2, 0) is 24.6 Å². The quantitative estimate of drug-likeness (QED) is 0.863. The van der Waals surface area contributed by atoms with Gasteiger partial charge in [-0.1, -0.05) is 0 Å². The van der Waals surface area contributed by atoms with E-state index in [1.165, 1.54) is 41.4 Å². The van der Waals surface area contributed by atoms with Gasteiger partial charge in [-0.2, -0.15) is 0 Å². The highest BCUT2D eigenvalue weighted by molar-refractivity contribution is 5.99. The molecule has 2 heterocycles. The van der Waals surface area contributed by atoms with Crippen molar-refractivity contribution < 1.29 is 9.53 Å². The molecule has 5 nitrogen and oxygen atoms in total. The van der Waals surface area contributed by atoms with Gasteiger partial charge in [0.2, 0.25) is 0 Å². The first-order chi connectivity index (χ1) is 13.6. The van der Waals surface area contributed by atoms with E-state index in [4.69, 9.17) is 4.74 Å². The van der Waals surface area contributed by atoms with Crippen LogP contribution in [0.5, 0.6) is 0 Å². The Balaban J connectivity index is 1.63. The molecule has 1 amide bonds. The highest BCUT2D eigenvalue weighted by Gasteiger charge is 2.30. The Morgan fingerprint density at radius 2 is 2.04 bits per heavy atom. The first-order valence-electron chi connectivity index (χ1n) is 10.7. The number of benzene rings is 1. The first-order valence-corrected chi connectivity index (χ1v) is 10.7. The number of aryl methyl sites for hydroxylation is 1. The van der Waals surface area contributed by atoms with Crippen molar-refractivity contribution in [3.05, 3.63) is 35.0 Å². The van der Waals surface area contributed by atoms with Gasteiger partial charge in [-0.25, -0.2) is 0 Å². The van der Waals surface area contributed by atoms with E-state index in [-0.39, 0.29) is 5.91 Å². The maximum atomic E-state index is 12.9. The van der Waals surface area contributed by atoms with Gasteiger partial charge in [0.15, 0.2) is 0 Å². The molecule has 2 aromatic rings. The molecule has 2 aliphatic rings. The molecule has 0 spiro atoms. The smallest absolute Gasteiger partial charge is 0.253 e. The largest absolute Gasteiger partial charge is 0.381 e. The van der Waals surface area contributed by atoms with E-state index >= 15 is 0 Å². The van der Waals surface area contributed by atoms with Crippen LogP contribution in [-0.4, -0.2) is 55.8 Å². The van der Waals surface area contributed by atoms with Crippen molar-refractivity contribution in [1.29, 1.82) is 0 Å². The summed E-state index contributed by atoms with van der Waals surface area (Å²) in [6.07, 6.45) is 5.97. The second kappa shape index (κ2) is 8.26. The number of likely N-dealkylation sites (N-methyl/N-ethyl adjacent to an activating group) is 2. The SMILES string of the molecule is CNCCN(C)C(=O)c1ccc2c(c1)c1c(n2C)CCC(C2CCOCC2)C1. The van der Waals surface area contributed by atoms with E-state index in [0.29, 0.717) is 6.54 Å². The van der Waals surface area contributed by atoms with Crippen LogP contribution in [0.3, 0.4) is 0 Å². The Morgan fingerprint density at radius 1 is 1.25 bits per heavy atom. The summed E-state index contributed by atoms with van der Waals surface area (Å²) in [5.74, 6) is 1.64. The molecule has 1 saturated heterocycles. The van der Waals surface area contributed by atoms with Gasteiger partial charge in [-0.05, 0) is 74.8 Å². The van der Waals surface area contributed by atoms with Crippen LogP contribution in [0.2, 0.25) is 0 Å². The number of amides is 1. The number of carbonyl (C=O) groups is 1. The van der Waals surface area contributed by atoms with E-state index in [1.807, 2.05) is 20.2 Å². The molecule has 1 atom stereocenters. The Bertz CT molecular complexity index is 851. The van der Waals surface area contributed by atoms with Gasteiger partial charge in [0.05, 0.1) is 0 Å². The van der Waals surface area contributed by atoms with E-state index in [2.05, 4.69) is 29.1 Å². The highest BCUT2D eigenvalue weighted by Crippen LogP contribution is 2.39. The number of fused-ring (bicyclic) bond motifs is 3. The van der Waals surface area contributed by atoms with Crippen LogP contribution in [0.4, 0.5) is 0 Å². The molecule has 1 N–H and O–H groups in total. The lowest BCUT2D eigenvalue weighted by Gasteiger charge is -2.33. The maximum Gasteiger partial charge on any atom is 0.253 e. The van der Waals surface area contributed by atoms with Gasteiger partial charge >= 0.3 is 0 Å². The first kappa shape index (κ1) is 19.5. The zero-order valence-electron chi connectivity index (χ0n) is 17.5. The maximum absolute atomic E-state index is 12.9. The average Bonchev–Trinajstić information content (AvgIpc) is 3.03. The number of nitrogens with zero attached hydrogens (tertiary/aromatic N) is 2. The van der Waals surface area contributed by atoms with Crippen LogP contribution < -0.4 is 5.32 Å². The lowest BCUT2D eigenvalue weighted by atomic mass is 9.75. The Morgan fingerprint density at radius 3 is 2.79 bits per heavy atom. The summed E-state index contributed by atoms with van der Waals surface area (Å²) in [7, 11) is 5.97. The van der Waals surface area contributed by atoms with Crippen molar-refractivity contribution in [3.8, 4) is 0 Å². The van der Waals surface area contributed by atoms with E-state index in [0.717, 1.165) is 50.0 Å². The molecule has 152 valence electrons. The molecule has 1 unspecified atom stereocenters. The van der Waals surface area contributed by atoms with Crippen LogP contribution in [0.25, 0.3) is 10.9 Å². The van der Waals surface area contributed by atoms with E-state index < -0.39 is 0 Å². The van der Waals surface area contributed by atoms with E-state index in [1.54, 1.807) is 4.90 Å². The summed E-state index contributed by atoms with van der Waals surface area (Å²) in [6, 6.07) is 6.26. The molecule has 1 aliphatic carbocycles. The molecule has 1 fully saturated rings. The fourth-order valence-corrected chi connectivity index (χ4v) is 5.13. The van der Waals surface area contributed by atoms with Crippen molar-refractivity contribution >= 4 is 16.8 Å². The van der Waals surface area contributed by atoms with Gasteiger partial charge < -0.3 is 19.5 Å². The molecular weight excluding hydrogens is 350 g/mol. The van der Waals surface area contributed by atoms with Crippen molar-refractivity contribution in [2.45, 2.75) is 32.1 Å². The van der Waals surface area contributed by atoms with Crippen LogP contribution in [0.1, 0.15) is 40.9 Å². The summed E-state index contributed by atoms with van der Waals surface area (Å²) in [6.45, 7) is 3.35. The number of hydrogen-bond acceptors (Lipinski definition) is 3. The number of ether oxygens (including phenoxy) is 1. The minimum Gasteiger partial charge on any atom is -0.381 e. The zero-order valence-corrected chi connectivity index (χ0v) is 17.5. The normalized spacial score (nSPS) is 20.3. The monoisotopic (exact) mass is 383 g/mol. The summed E-state index contributed by atoms with van der Waals surface area (Å²) >= 11 is 0. The molecule has 1 aliphatic heterocycles. The Labute approximate surface area is 168 Å². The summed E-state index contributed by atoms with van der Waals surface area (Å²) < 4.78 is 7.93. The van der Waals surface area contributed by atoms with Crippen molar-refractivity contribution in [2.24, 2.45) is 18.9 Å². The average molecular weight is 384 g/mol. The topological polar surface area (TPSA) is 46.5 Å². The molecule has 0 saturated carbocycles. The Kier molecular flexibility index (Phi) is 5.74. The second-order valence-electron chi connectivity index (χ2n) is 8.50. The fraction of sp³-hybridized carbons (Fsp3) is 0.609. The zero-order chi connectivity index (χ0) is 19.7. The summed E-state index contributed by atoms with van der Waals surface area (Å²) in [5.41, 5.74) is 5.00. The fourth-order valence-electron chi connectivity index (χ4n) is 5.13. The standard InChI is InChI=1S/C23H33N3O2/c1-24-10-11-25(2)23(27)18-5-7-22-20(15-18)19-14-17(4-6-21(19)26(22)3)16-8-12-28-13-9-16/h5,7,15-17,24H,4,6,8-14H2,1-3H3. The number of rotatable bonds is 5. The molecule has 0 bridgehead atoms. The van der Waals surface area contributed by atoms with Crippen LogP contribution in [0, 0.1) is 11.8 Å². The molecular formula is C23H33N3O2. The Hall–Kier alpha value is -1.85. The molecule has 5 heteroatoms. The van der Waals surface area contributed by atoms with Gasteiger partial charge in [-0.15, -0.1) is 0 Å². The molecule has 0 radical (unpaired) electrons. The number of carbonyl (C=O) groups excluding carboxylic acids is 1. The van der Waals surface area contributed by atoms with Gasteiger partial charge in [-0.3, -0.25) is 4.79 Å².